The van der Waals surface area contributed by atoms with Gasteiger partial charge in [0.25, 0.3) is 5.91 Å². The Hall–Kier alpha value is -2.65. The quantitative estimate of drug-likeness (QED) is 0.792. The summed E-state index contributed by atoms with van der Waals surface area (Å²) in [4.78, 5) is 23.1. The smallest absolute Gasteiger partial charge is 0.289 e. The Bertz CT molecular complexity index is 898. The van der Waals surface area contributed by atoms with Crippen LogP contribution in [-0.2, 0) is 0 Å². The number of amides is 1. The summed E-state index contributed by atoms with van der Waals surface area (Å²) in [6.07, 6.45) is 7.17. The average molecular weight is 412 g/mol. The van der Waals surface area contributed by atoms with Gasteiger partial charge in [0.05, 0.1) is 10.6 Å². The minimum absolute atomic E-state index is 0.130. The maximum Gasteiger partial charge on any atom is 0.289 e. The van der Waals surface area contributed by atoms with Crippen LogP contribution in [0.25, 0.3) is 0 Å². The van der Waals surface area contributed by atoms with E-state index < -0.39 is 0 Å². The molecule has 7 heteroatoms. The number of aromatic nitrogens is 2. The Balaban J connectivity index is 1.54. The highest BCUT2D eigenvalue weighted by Crippen LogP contribution is 2.29. The van der Waals surface area contributed by atoms with Crippen LogP contribution in [0.5, 0.6) is 0 Å². The number of carbonyl (C=O) groups is 1. The van der Waals surface area contributed by atoms with E-state index in [4.69, 9.17) is 16.9 Å². The lowest BCUT2D eigenvalue weighted by atomic mass is 9.90. The lowest BCUT2D eigenvalue weighted by Gasteiger charge is -2.36. The largest absolute Gasteiger partial charge is 0.372 e. The maximum absolute atomic E-state index is 12.4. The molecule has 0 aliphatic heterocycles. The van der Waals surface area contributed by atoms with Gasteiger partial charge in [0.2, 0.25) is 5.82 Å². The fraction of sp³-hybridized carbons (Fsp3) is 0.455. The summed E-state index contributed by atoms with van der Waals surface area (Å²) < 4.78 is 0. The number of carbonyl (C=O) groups excluding carboxylic acids is 1. The van der Waals surface area contributed by atoms with Gasteiger partial charge in [-0.25, -0.2) is 9.97 Å². The van der Waals surface area contributed by atoms with Crippen LogP contribution in [0.15, 0.2) is 30.6 Å². The Labute approximate surface area is 176 Å². The van der Waals surface area contributed by atoms with Crippen LogP contribution in [0, 0.1) is 11.3 Å². The molecule has 2 aromatic rings. The fourth-order valence-electron chi connectivity index (χ4n) is 3.64. The molecule has 1 aliphatic rings. The van der Waals surface area contributed by atoms with E-state index in [0.717, 1.165) is 36.9 Å². The van der Waals surface area contributed by atoms with Crippen molar-refractivity contribution in [3.05, 3.63) is 52.6 Å². The second-order valence-electron chi connectivity index (χ2n) is 7.86. The Morgan fingerprint density at radius 2 is 1.90 bits per heavy atom. The molecule has 29 heavy (non-hydrogen) atoms. The number of rotatable bonds is 5. The molecule has 0 saturated heterocycles. The van der Waals surface area contributed by atoms with Crippen LogP contribution in [0.1, 0.15) is 67.2 Å². The van der Waals surface area contributed by atoms with E-state index >= 15 is 0 Å². The highest BCUT2D eigenvalue weighted by molar-refractivity contribution is 6.32. The van der Waals surface area contributed by atoms with E-state index in [1.807, 2.05) is 19.2 Å². The molecular formula is C22H26ClN5O. The van der Waals surface area contributed by atoms with Crippen molar-refractivity contribution in [3.8, 4) is 6.07 Å². The number of hydrogen-bond donors (Lipinski definition) is 1. The van der Waals surface area contributed by atoms with Gasteiger partial charge < -0.3 is 10.2 Å². The van der Waals surface area contributed by atoms with E-state index in [2.05, 4.69) is 40.1 Å². The molecule has 1 fully saturated rings. The zero-order valence-electron chi connectivity index (χ0n) is 17.0. The summed E-state index contributed by atoms with van der Waals surface area (Å²) in [6.45, 7) is 4.14. The van der Waals surface area contributed by atoms with Gasteiger partial charge in [-0.2, -0.15) is 5.26 Å². The summed E-state index contributed by atoms with van der Waals surface area (Å²) in [6, 6.07) is 8.11. The molecule has 0 spiro atoms. The van der Waals surface area contributed by atoms with Crippen molar-refractivity contribution in [1.29, 1.82) is 5.26 Å². The van der Waals surface area contributed by atoms with E-state index in [0.29, 0.717) is 22.5 Å². The van der Waals surface area contributed by atoms with Gasteiger partial charge in [-0.1, -0.05) is 25.4 Å². The SMILES string of the molecule is CC(C)c1cnc(C(=O)N[C@H]2CC[C@H](N(C)c3ccc(C#N)c(Cl)c3)CC2)nc1. The number of hydrogen-bond acceptors (Lipinski definition) is 5. The molecule has 1 N–H and O–H groups in total. The molecule has 1 saturated carbocycles. The van der Waals surface area contributed by atoms with E-state index in [1.54, 1.807) is 18.5 Å². The molecule has 0 atom stereocenters. The normalized spacial score (nSPS) is 18.9. The van der Waals surface area contributed by atoms with E-state index in [1.165, 1.54) is 0 Å². The first-order chi connectivity index (χ1) is 13.9. The predicted molar refractivity (Wildman–Crippen MR) is 114 cm³/mol. The molecule has 3 rings (SSSR count). The molecule has 1 aliphatic carbocycles. The topological polar surface area (TPSA) is 81.9 Å². The van der Waals surface area contributed by atoms with Crippen LogP contribution >= 0.6 is 11.6 Å². The molecule has 0 bridgehead atoms. The lowest BCUT2D eigenvalue weighted by molar-refractivity contribution is 0.0915. The van der Waals surface area contributed by atoms with Gasteiger partial charge in [0.1, 0.15) is 6.07 Å². The predicted octanol–water partition coefficient (Wildman–Crippen LogP) is 4.30. The maximum atomic E-state index is 12.4. The molecular weight excluding hydrogens is 386 g/mol. The number of halogens is 1. The van der Waals surface area contributed by atoms with Gasteiger partial charge >= 0.3 is 0 Å². The molecule has 152 valence electrons. The van der Waals surface area contributed by atoms with Crippen molar-refractivity contribution in [3.63, 3.8) is 0 Å². The molecule has 0 radical (unpaired) electrons. The lowest BCUT2D eigenvalue weighted by Crippen LogP contribution is -2.43. The Kier molecular flexibility index (Phi) is 6.71. The number of anilines is 1. The summed E-state index contributed by atoms with van der Waals surface area (Å²) in [5.41, 5.74) is 2.51. The third-order valence-electron chi connectivity index (χ3n) is 5.60. The van der Waals surface area contributed by atoms with Gasteiger partial charge in [0, 0.05) is 37.2 Å². The van der Waals surface area contributed by atoms with Crippen LogP contribution in [0.3, 0.4) is 0 Å². The van der Waals surface area contributed by atoms with E-state index in [-0.39, 0.29) is 17.8 Å². The molecule has 0 unspecified atom stereocenters. The van der Waals surface area contributed by atoms with Gasteiger partial charge in [-0.15, -0.1) is 0 Å². The zero-order valence-corrected chi connectivity index (χ0v) is 17.8. The average Bonchev–Trinajstić information content (AvgIpc) is 2.73. The first-order valence-corrected chi connectivity index (χ1v) is 10.3. The molecule has 1 amide bonds. The van der Waals surface area contributed by atoms with Crippen LogP contribution in [0.4, 0.5) is 5.69 Å². The van der Waals surface area contributed by atoms with Gasteiger partial charge in [-0.3, -0.25) is 4.79 Å². The zero-order chi connectivity index (χ0) is 21.0. The number of benzene rings is 1. The minimum atomic E-state index is -0.212. The minimum Gasteiger partial charge on any atom is -0.372 e. The highest BCUT2D eigenvalue weighted by atomic mass is 35.5. The van der Waals surface area contributed by atoms with Crippen molar-refractivity contribution >= 4 is 23.2 Å². The second kappa shape index (κ2) is 9.23. The van der Waals surface area contributed by atoms with E-state index in [9.17, 15) is 4.79 Å². The van der Waals surface area contributed by atoms with Crippen molar-refractivity contribution < 1.29 is 4.79 Å². The molecule has 6 nitrogen and oxygen atoms in total. The number of nitriles is 1. The number of nitrogens with zero attached hydrogens (tertiary/aromatic N) is 4. The standard InChI is InChI=1S/C22H26ClN5O/c1-14(2)16-12-25-21(26-13-16)22(29)27-17-5-8-18(9-6-17)28(3)19-7-4-15(11-24)20(23)10-19/h4,7,10,12-14,17-18H,5-6,8-9H2,1-3H3,(H,27,29)/t17-,18-. The second-order valence-corrected chi connectivity index (χ2v) is 8.27. The summed E-state index contributed by atoms with van der Waals surface area (Å²) in [7, 11) is 2.05. The summed E-state index contributed by atoms with van der Waals surface area (Å²) >= 11 is 6.17. The third kappa shape index (κ3) is 5.04. The number of nitrogens with one attached hydrogen (secondary N) is 1. The van der Waals surface area contributed by atoms with Crippen LogP contribution in [-0.4, -0.2) is 35.0 Å². The third-order valence-corrected chi connectivity index (χ3v) is 5.91. The van der Waals surface area contributed by atoms with Crippen LogP contribution in [0.2, 0.25) is 5.02 Å². The molecule has 1 aromatic heterocycles. The van der Waals surface area contributed by atoms with Crippen LogP contribution < -0.4 is 10.2 Å². The van der Waals surface area contributed by atoms with Crippen molar-refractivity contribution in [2.45, 2.75) is 57.5 Å². The molecule has 1 heterocycles. The Morgan fingerprint density at radius 1 is 1.24 bits per heavy atom. The van der Waals surface area contributed by atoms with Crippen molar-refractivity contribution in [2.24, 2.45) is 0 Å². The Morgan fingerprint density at radius 3 is 2.45 bits per heavy atom. The van der Waals surface area contributed by atoms with Gasteiger partial charge in [0.15, 0.2) is 0 Å². The monoisotopic (exact) mass is 411 g/mol. The van der Waals surface area contributed by atoms with Crippen molar-refractivity contribution in [2.75, 3.05) is 11.9 Å². The van der Waals surface area contributed by atoms with Gasteiger partial charge in [-0.05, 0) is 55.4 Å². The summed E-state index contributed by atoms with van der Waals surface area (Å²) in [5.74, 6) is 0.349. The highest BCUT2D eigenvalue weighted by Gasteiger charge is 2.26. The first-order valence-electron chi connectivity index (χ1n) is 9.94. The fourth-order valence-corrected chi connectivity index (χ4v) is 3.85. The molecule has 1 aromatic carbocycles. The summed E-state index contributed by atoms with van der Waals surface area (Å²) in [5, 5.41) is 12.6. The van der Waals surface area contributed by atoms with Crippen molar-refractivity contribution in [1.82, 2.24) is 15.3 Å². The first kappa shape index (κ1) is 21.1.